The molecule has 1 N–H and O–H groups in total. The third-order valence-corrected chi connectivity index (χ3v) is 2.76. The van der Waals surface area contributed by atoms with Gasteiger partial charge in [0.1, 0.15) is 6.61 Å². The zero-order chi connectivity index (χ0) is 11.0. The van der Waals surface area contributed by atoms with E-state index in [4.69, 9.17) is 4.74 Å². The lowest BCUT2D eigenvalue weighted by Gasteiger charge is -2.15. The number of alkyl carbamates (subject to hydrolysis) is 1. The van der Waals surface area contributed by atoms with Crippen molar-refractivity contribution in [1.82, 2.24) is 5.32 Å². The van der Waals surface area contributed by atoms with Crippen LogP contribution in [0.5, 0.6) is 0 Å². The fourth-order valence-corrected chi connectivity index (χ4v) is 2.28. The third-order valence-electron chi connectivity index (χ3n) is 2.76. The van der Waals surface area contributed by atoms with Crippen molar-refractivity contribution in [2.45, 2.75) is 26.8 Å². The number of halogens is 1. The second-order valence-corrected chi connectivity index (χ2v) is 4.11. The molecule has 2 rings (SSSR count). The third kappa shape index (κ3) is 2.30. The molecule has 1 aliphatic heterocycles. The van der Waals surface area contributed by atoms with Crippen LogP contribution in [0.2, 0.25) is 0 Å². The van der Waals surface area contributed by atoms with Crippen LogP contribution in [-0.2, 0) is 4.74 Å². The van der Waals surface area contributed by atoms with Gasteiger partial charge in [-0.15, -0.1) is 12.4 Å². The molecular formula is C12H16ClNO2. The first-order valence-corrected chi connectivity index (χ1v) is 5.09. The summed E-state index contributed by atoms with van der Waals surface area (Å²) in [6.07, 6.45) is -0.320. The van der Waals surface area contributed by atoms with E-state index >= 15 is 0 Å². The van der Waals surface area contributed by atoms with Crippen LogP contribution >= 0.6 is 12.4 Å². The highest BCUT2D eigenvalue weighted by molar-refractivity contribution is 5.85. The molecule has 16 heavy (non-hydrogen) atoms. The highest BCUT2D eigenvalue weighted by atomic mass is 35.5. The fraction of sp³-hybridized carbons (Fsp3) is 0.417. The van der Waals surface area contributed by atoms with Gasteiger partial charge in [-0.25, -0.2) is 4.79 Å². The Kier molecular flexibility index (Phi) is 3.81. The van der Waals surface area contributed by atoms with E-state index in [9.17, 15) is 4.79 Å². The van der Waals surface area contributed by atoms with Gasteiger partial charge >= 0.3 is 6.09 Å². The van der Waals surface area contributed by atoms with E-state index in [-0.39, 0.29) is 24.5 Å². The Hall–Kier alpha value is -1.22. The number of carbonyl (C=O) groups is 1. The van der Waals surface area contributed by atoms with Gasteiger partial charge in [-0.1, -0.05) is 17.7 Å². The molecule has 3 nitrogen and oxygen atoms in total. The Morgan fingerprint density at radius 2 is 1.81 bits per heavy atom. The van der Waals surface area contributed by atoms with Gasteiger partial charge in [-0.3, -0.25) is 0 Å². The first-order valence-electron chi connectivity index (χ1n) is 5.09. The van der Waals surface area contributed by atoms with Crippen LogP contribution in [0.1, 0.15) is 28.3 Å². The molecule has 1 amide bonds. The number of carbonyl (C=O) groups excluding carboxylic acids is 1. The summed E-state index contributed by atoms with van der Waals surface area (Å²) in [5.74, 6) is 0. The highest BCUT2D eigenvalue weighted by Crippen LogP contribution is 2.26. The number of aryl methyl sites for hydroxylation is 3. The monoisotopic (exact) mass is 241 g/mol. The average molecular weight is 242 g/mol. The van der Waals surface area contributed by atoms with Crippen LogP contribution in [0.4, 0.5) is 4.79 Å². The van der Waals surface area contributed by atoms with Crippen molar-refractivity contribution in [3.05, 3.63) is 34.4 Å². The number of rotatable bonds is 1. The zero-order valence-corrected chi connectivity index (χ0v) is 10.5. The number of benzene rings is 1. The minimum absolute atomic E-state index is 0. The Morgan fingerprint density at radius 3 is 2.25 bits per heavy atom. The van der Waals surface area contributed by atoms with Gasteiger partial charge in [0, 0.05) is 0 Å². The Balaban J connectivity index is 0.00000128. The largest absolute Gasteiger partial charge is 0.447 e. The van der Waals surface area contributed by atoms with Crippen LogP contribution in [0.3, 0.4) is 0 Å². The molecule has 1 aromatic rings. The van der Waals surface area contributed by atoms with Crippen molar-refractivity contribution in [3.63, 3.8) is 0 Å². The molecule has 1 fully saturated rings. The molecule has 0 unspecified atom stereocenters. The summed E-state index contributed by atoms with van der Waals surface area (Å²) in [6, 6.07) is 4.28. The van der Waals surface area contributed by atoms with Gasteiger partial charge in [0.2, 0.25) is 0 Å². The van der Waals surface area contributed by atoms with Crippen molar-refractivity contribution in [2.24, 2.45) is 0 Å². The van der Waals surface area contributed by atoms with Crippen LogP contribution in [0.25, 0.3) is 0 Å². The zero-order valence-electron chi connectivity index (χ0n) is 9.66. The molecule has 1 aromatic carbocycles. The van der Waals surface area contributed by atoms with E-state index in [0.29, 0.717) is 6.61 Å². The fourth-order valence-electron chi connectivity index (χ4n) is 2.28. The first kappa shape index (κ1) is 12.8. The molecule has 4 heteroatoms. The molecule has 0 aliphatic carbocycles. The van der Waals surface area contributed by atoms with Crippen LogP contribution in [0.15, 0.2) is 12.1 Å². The molecule has 1 aliphatic rings. The molecule has 1 heterocycles. The minimum atomic E-state index is -0.320. The van der Waals surface area contributed by atoms with Gasteiger partial charge in [0.05, 0.1) is 6.04 Å². The maximum absolute atomic E-state index is 11.0. The second-order valence-electron chi connectivity index (χ2n) is 4.11. The Labute approximate surface area is 102 Å². The predicted octanol–water partition coefficient (Wildman–Crippen LogP) is 2.81. The van der Waals surface area contributed by atoms with Crippen molar-refractivity contribution in [1.29, 1.82) is 0 Å². The molecular weight excluding hydrogens is 226 g/mol. The predicted molar refractivity (Wildman–Crippen MR) is 65.1 cm³/mol. The number of nitrogens with one attached hydrogen (secondary N) is 1. The number of hydrogen-bond donors (Lipinski definition) is 1. The molecule has 0 spiro atoms. The summed E-state index contributed by atoms with van der Waals surface area (Å²) in [6.45, 7) is 6.65. The van der Waals surface area contributed by atoms with Crippen LogP contribution in [0, 0.1) is 20.8 Å². The van der Waals surface area contributed by atoms with Crippen LogP contribution < -0.4 is 5.32 Å². The average Bonchev–Trinajstić information content (AvgIpc) is 2.49. The van der Waals surface area contributed by atoms with Crippen molar-refractivity contribution < 1.29 is 9.53 Å². The number of cyclic esters (lactones) is 1. The number of amides is 1. The van der Waals surface area contributed by atoms with E-state index in [1.165, 1.54) is 22.3 Å². The molecule has 0 radical (unpaired) electrons. The summed E-state index contributed by atoms with van der Waals surface area (Å²) < 4.78 is 4.91. The SMILES string of the molecule is Cc1cc(C)c([C@@H]2COC(=O)N2)c(C)c1.Cl. The van der Waals surface area contributed by atoms with E-state index in [1.54, 1.807) is 0 Å². The molecule has 1 atom stereocenters. The molecule has 0 aromatic heterocycles. The standard InChI is InChI=1S/C12H15NO2.ClH/c1-7-4-8(2)11(9(3)5-7)10-6-15-12(14)13-10;/h4-5,10H,6H2,1-3H3,(H,13,14);1H/t10-;/m0./s1. The van der Waals surface area contributed by atoms with Gasteiger partial charge in [-0.05, 0) is 37.5 Å². The maximum Gasteiger partial charge on any atom is 0.407 e. The van der Waals surface area contributed by atoms with Gasteiger partial charge < -0.3 is 10.1 Å². The van der Waals surface area contributed by atoms with E-state index in [0.717, 1.165) is 0 Å². The summed E-state index contributed by atoms with van der Waals surface area (Å²) in [5, 5.41) is 2.81. The van der Waals surface area contributed by atoms with Gasteiger partial charge in [0.15, 0.2) is 0 Å². The van der Waals surface area contributed by atoms with Crippen molar-refractivity contribution >= 4 is 18.5 Å². The van der Waals surface area contributed by atoms with Gasteiger partial charge in [0.25, 0.3) is 0 Å². The van der Waals surface area contributed by atoms with Crippen LogP contribution in [-0.4, -0.2) is 12.7 Å². The van der Waals surface area contributed by atoms with E-state index in [1.807, 2.05) is 0 Å². The summed E-state index contributed by atoms with van der Waals surface area (Å²) in [7, 11) is 0. The maximum atomic E-state index is 11.0. The van der Waals surface area contributed by atoms with Gasteiger partial charge in [-0.2, -0.15) is 0 Å². The molecule has 0 saturated carbocycles. The van der Waals surface area contributed by atoms with Crippen molar-refractivity contribution in [2.75, 3.05) is 6.61 Å². The summed E-state index contributed by atoms with van der Waals surface area (Å²) in [5.41, 5.74) is 4.86. The van der Waals surface area contributed by atoms with E-state index in [2.05, 4.69) is 38.2 Å². The Morgan fingerprint density at radius 1 is 1.25 bits per heavy atom. The lowest BCUT2D eigenvalue weighted by atomic mass is 9.95. The minimum Gasteiger partial charge on any atom is -0.447 e. The summed E-state index contributed by atoms with van der Waals surface area (Å²) in [4.78, 5) is 11.0. The lowest BCUT2D eigenvalue weighted by Crippen LogP contribution is -2.20. The normalized spacial score (nSPS) is 18.7. The second kappa shape index (κ2) is 4.74. The topological polar surface area (TPSA) is 38.3 Å². The number of hydrogen-bond acceptors (Lipinski definition) is 2. The molecule has 0 bridgehead atoms. The smallest absolute Gasteiger partial charge is 0.407 e. The summed E-state index contributed by atoms with van der Waals surface area (Å²) >= 11 is 0. The first-order chi connectivity index (χ1) is 7.08. The van der Waals surface area contributed by atoms with E-state index < -0.39 is 0 Å². The number of ether oxygens (including phenoxy) is 1. The quantitative estimate of drug-likeness (QED) is 0.821. The highest BCUT2D eigenvalue weighted by Gasteiger charge is 2.26. The van der Waals surface area contributed by atoms with Crippen molar-refractivity contribution in [3.8, 4) is 0 Å². The Bertz CT molecular complexity index is 394. The molecule has 88 valence electrons. The molecule has 1 saturated heterocycles. The lowest BCUT2D eigenvalue weighted by molar-refractivity contribution is 0.177.